The minimum atomic E-state index is -3.96. The van der Waals surface area contributed by atoms with Crippen LogP contribution in [0.3, 0.4) is 0 Å². The molecule has 0 amide bonds. The maximum Gasteiger partial charge on any atom is 0.326 e. The molecular weight excluding hydrogens is 338 g/mol. The van der Waals surface area contributed by atoms with E-state index in [0.29, 0.717) is 5.56 Å². The van der Waals surface area contributed by atoms with Gasteiger partial charge >= 0.3 is 5.97 Å². The molecule has 3 rings (SSSR count). The third kappa shape index (κ3) is 2.52. The third-order valence-corrected chi connectivity index (χ3v) is 7.03. The summed E-state index contributed by atoms with van der Waals surface area (Å²) in [5.41, 5.74) is 0.462. The second-order valence-corrected chi connectivity index (χ2v) is 8.52. The van der Waals surface area contributed by atoms with Crippen molar-refractivity contribution < 1.29 is 18.3 Å². The van der Waals surface area contributed by atoms with Gasteiger partial charge in [0.2, 0.25) is 0 Å². The molecule has 128 valence electrons. The zero-order chi connectivity index (χ0) is 18.4. The Balaban J connectivity index is 2.12. The van der Waals surface area contributed by atoms with Crippen LogP contribution < -0.4 is 0 Å². The summed E-state index contributed by atoms with van der Waals surface area (Å²) in [5, 5.41) is 17.9. The molecule has 6 heteroatoms. The Labute approximate surface area is 146 Å². The van der Waals surface area contributed by atoms with Crippen molar-refractivity contribution in [2.75, 3.05) is 0 Å². The van der Waals surface area contributed by atoms with Gasteiger partial charge in [0.15, 0.2) is 15.3 Å². The van der Waals surface area contributed by atoms with E-state index >= 15 is 0 Å². The van der Waals surface area contributed by atoms with E-state index in [1.54, 1.807) is 42.5 Å². The molecule has 25 heavy (non-hydrogen) atoms. The highest BCUT2D eigenvalue weighted by molar-refractivity contribution is 7.92. The molecule has 0 radical (unpaired) electrons. The van der Waals surface area contributed by atoms with Crippen molar-refractivity contribution in [1.82, 2.24) is 0 Å². The van der Waals surface area contributed by atoms with Crippen molar-refractivity contribution >= 4 is 15.8 Å². The monoisotopic (exact) mass is 355 g/mol. The lowest BCUT2D eigenvalue weighted by Crippen LogP contribution is -2.22. The number of carboxylic acids is 1. The minimum absolute atomic E-state index is 0.0404. The van der Waals surface area contributed by atoms with Gasteiger partial charge in [0, 0.05) is 5.92 Å². The normalized spacial score (nSPS) is 25.2. The van der Waals surface area contributed by atoms with Crippen molar-refractivity contribution in [3.63, 3.8) is 0 Å². The SMILES string of the molecule is Cc1ccc([C@H]2[C@@H](S(=O)(=O)c3ccc(C)cc3)[C@@]2(C#N)C(=O)O)cc1. The highest BCUT2D eigenvalue weighted by Gasteiger charge is 2.77. The van der Waals surface area contributed by atoms with Gasteiger partial charge in [-0.2, -0.15) is 5.26 Å². The second-order valence-electron chi connectivity index (χ2n) is 6.45. The van der Waals surface area contributed by atoms with Crippen LogP contribution >= 0.6 is 0 Å². The first-order chi connectivity index (χ1) is 11.7. The molecule has 0 heterocycles. The van der Waals surface area contributed by atoms with Gasteiger partial charge < -0.3 is 5.11 Å². The Bertz CT molecular complexity index is 972. The Morgan fingerprint density at radius 2 is 1.52 bits per heavy atom. The average molecular weight is 355 g/mol. The smallest absolute Gasteiger partial charge is 0.326 e. The minimum Gasteiger partial charge on any atom is -0.480 e. The quantitative estimate of drug-likeness (QED) is 0.910. The van der Waals surface area contributed by atoms with Gasteiger partial charge in [-0.25, -0.2) is 8.42 Å². The van der Waals surface area contributed by atoms with Gasteiger partial charge in [-0.05, 0) is 31.5 Å². The third-order valence-electron chi connectivity index (χ3n) is 4.79. The second kappa shape index (κ2) is 5.71. The number of benzene rings is 2. The van der Waals surface area contributed by atoms with Gasteiger partial charge in [-0.3, -0.25) is 4.79 Å². The van der Waals surface area contributed by atoms with Gasteiger partial charge in [0.1, 0.15) is 5.25 Å². The van der Waals surface area contributed by atoms with E-state index in [9.17, 15) is 23.6 Å². The van der Waals surface area contributed by atoms with Crippen LogP contribution in [-0.2, 0) is 14.6 Å². The maximum atomic E-state index is 13.0. The number of aryl methyl sites for hydroxylation is 2. The van der Waals surface area contributed by atoms with Crippen molar-refractivity contribution in [2.24, 2.45) is 5.41 Å². The Hall–Kier alpha value is -2.65. The summed E-state index contributed by atoms with van der Waals surface area (Å²) in [6, 6.07) is 15.0. The van der Waals surface area contributed by atoms with Gasteiger partial charge in [-0.1, -0.05) is 47.5 Å². The first kappa shape index (κ1) is 17.2. The van der Waals surface area contributed by atoms with Crippen LogP contribution in [0.25, 0.3) is 0 Å². The van der Waals surface area contributed by atoms with E-state index in [1.807, 2.05) is 13.8 Å². The van der Waals surface area contributed by atoms with Crippen LogP contribution in [0.1, 0.15) is 22.6 Å². The average Bonchev–Trinajstić information content (AvgIpc) is 3.27. The number of hydrogen-bond donors (Lipinski definition) is 1. The predicted molar refractivity (Wildman–Crippen MR) is 91.8 cm³/mol. The fraction of sp³-hybridized carbons (Fsp3) is 0.263. The zero-order valence-corrected chi connectivity index (χ0v) is 14.6. The zero-order valence-electron chi connectivity index (χ0n) is 13.8. The van der Waals surface area contributed by atoms with Crippen LogP contribution in [0.15, 0.2) is 53.4 Å². The molecule has 0 unspecified atom stereocenters. The Morgan fingerprint density at radius 3 is 1.96 bits per heavy atom. The van der Waals surface area contributed by atoms with Crippen molar-refractivity contribution in [3.8, 4) is 6.07 Å². The summed E-state index contributed by atoms with van der Waals surface area (Å²) in [4.78, 5) is 11.9. The summed E-state index contributed by atoms with van der Waals surface area (Å²) in [6.07, 6.45) is 0. The lowest BCUT2D eigenvalue weighted by molar-refractivity contribution is -0.141. The number of carbonyl (C=O) groups is 1. The largest absolute Gasteiger partial charge is 0.480 e. The first-order valence-electron chi connectivity index (χ1n) is 7.77. The Morgan fingerprint density at radius 1 is 1.04 bits per heavy atom. The van der Waals surface area contributed by atoms with Crippen LogP contribution in [0, 0.1) is 30.6 Å². The van der Waals surface area contributed by atoms with E-state index in [1.165, 1.54) is 12.1 Å². The van der Waals surface area contributed by atoms with Gasteiger partial charge in [0.25, 0.3) is 0 Å². The standard InChI is InChI=1S/C19H17NO4S/c1-12-3-7-14(8-4-12)16-17(19(16,11-20)18(21)22)25(23,24)15-9-5-13(2)6-10-15/h3-10,16-17H,1-2H3,(H,21,22)/t16-,17+,19-/m0/s1. The number of hydrogen-bond acceptors (Lipinski definition) is 4. The lowest BCUT2D eigenvalue weighted by atomic mass is 10.00. The molecule has 1 aliphatic carbocycles. The molecule has 1 fully saturated rings. The molecule has 1 aliphatic rings. The van der Waals surface area contributed by atoms with E-state index in [0.717, 1.165) is 11.1 Å². The summed E-state index contributed by atoms with van der Waals surface area (Å²) in [7, 11) is -3.96. The molecule has 2 aromatic rings. The summed E-state index contributed by atoms with van der Waals surface area (Å²) < 4.78 is 26.0. The van der Waals surface area contributed by atoms with Gasteiger partial charge in [0.05, 0.1) is 11.0 Å². The maximum absolute atomic E-state index is 13.0. The molecule has 0 bridgehead atoms. The van der Waals surface area contributed by atoms with Crippen molar-refractivity contribution in [3.05, 3.63) is 65.2 Å². The highest BCUT2D eigenvalue weighted by Crippen LogP contribution is 2.63. The number of carboxylic acid groups (broad SMARTS) is 1. The molecule has 0 aromatic heterocycles. The van der Waals surface area contributed by atoms with E-state index in [-0.39, 0.29) is 4.90 Å². The Kier molecular flexibility index (Phi) is 3.92. The van der Waals surface area contributed by atoms with Crippen molar-refractivity contribution in [1.29, 1.82) is 5.26 Å². The number of nitriles is 1. The highest BCUT2D eigenvalue weighted by atomic mass is 32.2. The molecule has 0 saturated heterocycles. The van der Waals surface area contributed by atoms with Gasteiger partial charge in [-0.15, -0.1) is 0 Å². The molecule has 0 aliphatic heterocycles. The number of rotatable bonds is 4. The van der Waals surface area contributed by atoms with E-state index in [4.69, 9.17) is 0 Å². The number of nitrogens with zero attached hydrogens (tertiary/aromatic N) is 1. The van der Waals surface area contributed by atoms with Crippen LogP contribution in [-0.4, -0.2) is 24.7 Å². The predicted octanol–water partition coefficient (Wildman–Crippen LogP) is 2.84. The molecule has 1 N–H and O–H groups in total. The summed E-state index contributed by atoms with van der Waals surface area (Å²) in [6.45, 7) is 3.71. The molecule has 3 atom stereocenters. The lowest BCUT2D eigenvalue weighted by Gasteiger charge is -2.05. The van der Waals surface area contributed by atoms with Crippen LogP contribution in [0.5, 0.6) is 0 Å². The molecule has 5 nitrogen and oxygen atoms in total. The van der Waals surface area contributed by atoms with Crippen LogP contribution in [0.4, 0.5) is 0 Å². The topological polar surface area (TPSA) is 95.2 Å². The van der Waals surface area contributed by atoms with E-state index in [2.05, 4.69) is 0 Å². The fourth-order valence-corrected chi connectivity index (χ4v) is 5.55. The first-order valence-corrected chi connectivity index (χ1v) is 9.31. The van der Waals surface area contributed by atoms with Crippen LogP contribution in [0.2, 0.25) is 0 Å². The summed E-state index contributed by atoms with van der Waals surface area (Å²) in [5.74, 6) is -2.29. The number of sulfone groups is 1. The van der Waals surface area contributed by atoms with E-state index < -0.39 is 32.4 Å². The number of aliphatic carboxylic acids is 1. The van der Waals surface area contributed by atoms with Crippen molar-refractivity contribution in [2.45, 2.75) is 29.9 Å². The molecule has 0 spiro atoms. The summed E-state index contributed by atoms with van der Waals surface area (Å²) >= 11 is 0. The molecule has 2 aromatic carbocycles. The molecule has 1 saturated carbocycles. The fourth-order valence-electron chi connectivity index (χ4n) is 3.30. The molecular formula is C19H17NO4S.